The largest absolute Gasteiger partial charge is 0.492 e. The van der Waals surface area contributed by atoms with Gasteiger partial charge in [-0.05, 0) is 48.6 Å². The van der Waals surface area contributed by atoms with Gasteiger partial charge in [-0.15, -0.1) is 0 Å². The molecule has 0 aliphatic rings. The lowest BCUT2D eigenvalue weighted by Gasteiger charge is -2.19. The van der Waals surface area contributed by atoms with E-state index in [2.05, 4.69) is 38.2 Å². The van der Waals surface area contributed by atoms with Crippen LogP contribution in [0.1, 0.15) is 45.2 Å². The second-order valence-electron chi connectivity index (χ2n) is 7.74. The predicted octanol–water partition coefficient (Wildman–Crippen LogP) is 4.65. The molecule has 4 heteroatoms. The van der Waals surface area contributed by atoms with Crippen molar-refractivity contribution in [2.24, 2.45) is 0 Å². The van der Waals surface area contributed by atoms with Crippen LogP contribution in [0.2, 0.25) is 0 Å². The van der Waals surface area contributed by atoms with E-state index < -0.39 is 6.10 Å². The summed E-state index contributed by atoms with van der Waals surface area (Å²) in [6.45, 7) is 11.4. The quantitative estimate of drug-likeness (QED) is 0.689. The number of aryl methyl sites for hydroxylation is 1. The Kier molecular flexibility index (Phi) is 7.28. The number of rotatable bonds is 8. The van der Waals surface area contributed by atoms with Crippen LogP contribution in [0.4, 0.5) is 0 Å². The molecule has 0 unspecified atom stereocenters. The number of hydrogen-bond acceptors (Lipinski definition) is 3. The SMILES string of the molecule is CC[C@H](Oc1ccc(C)cc1)C(=O)NCCOc1ccc(C(C)(C)C)cc1. The standard InChI is InChI=1S/C23H31NO3/c1-6-21(27-20-11-7-17(2)8-12-20)22(25)24-15-16-26-19-13-9-18(10-14-19)23(3,4)5/h7-14,21H,6,15-16H2,1-5H3,(H,24,25)/t21-/m0/s1. The second-order valence-corrected chi connectivity index (χ2v) is 7.74. The van der Waals surface area contributed by atoms with E-state index in [-0.39, 0.29) is 11.3 Å². The number of ether oxygens (including phenoxy) is 2. The van der Waals surface area contributed by atoms with Crippen molar-refractivity contribution in [1.29, 1.82) is 0 Å². The fraction of sp³-hybridized carbons (Fsp3) is 0.435. The van der Waals surface area contributed by atoms with E-state index in [1.165, 1.54) is 5.56 Å². The Morgan fingerprint density at radius 2 is 1.59 bits per heavy atom. The maximum absolute atomic E-state index is 12.3. The van der Waals surface area contributed by atoms with Crippen molar-refractivity contribution in [3.05, 3.63) is 59.7 Å². The molecule has 1 amide bonds. The molecule has 2 aromatic carbocycles. The molecule has 0 bridgehead atoms. The minimum Gasteiger partial charge on any atom is -0.492 e. The first-order valence-corrected chi connectivity index (χ1v) is 9.54. The van der Waals surface area contributed by atoms with Crippen molar-refractivity contribution in [2.45, 2.75) is 52.6 Å². The number of amides is 1. The van der Waals surface area contributed by atoms with Gasteiger partial charge in [0, 0.05) is 0 Å². The van der Waals surface area contributed by atoms with E-state index in [4.69, 9.17) is 9.47 Å². The lowest BCUT2D eigenvalue weighted by molar-refractivity contribution is -0.128. The van der Waals surface area contributed by atoms with Crippen LogP contribution in [0, 0.1) is 6.92 Å². The zero-order valence-corrected chi connectivity index (χ0v) is 17.0. The monoisotopic (exact) mass is 369 g/mol. The zero-order valence-electron chi connectivity index (χ0n) is 17.0. The van der Waals surface area contributed by atoms with Crippen molar-refractivity contribution in [1.82, 2.24) is 5.32 Å². The Hall–Kier alpha value is -2.49. The number of benzene rings is 2. The van der Waals surface area contributed by atoms with Gasteiger partial charge in [0.15, 0.2) is 6.10 Å². The average Bonchev–Trinajstić information content (AvgIpc) is 2.64. The molecule has 2 rings (SSSR count). The summed E-state index contributed by atoms with van der Waals surface area (Å²) in [5.41, 5.74) is 2.55. The molecular weight excluding hydrogens is 338 g/mol. The fourth-order valence-corrected chi connectivity index (χ4v) is 2.61. The topological polar surface area (TPSA) is 47.6 Å². The molecule has 0 heterocycles. The summed E-state index contributed by atoms with van der Waals surface area (Å²) < 4.78 is 11.5. The first-order chi connectivity index (χ1) is 12.8. The molecule has 4 nitrogen and oxygen atoms in total. The van der Waals surface area contributed by atoms with Crippen molar-refractivity contribution in [3.8, 4) is 11.5 Å². The van der Waals surface area contributed by atoms with Gasteiger partial charge >= 0.3 is 0 Å². The fourth-order valence-electron chi connectivity index (χ4n) is 2.61. The molecule has 2 aromatic rings. The van der Waals surface area contributed by atoms with Crippen molar-refractivity contribution in [2.75, 3.05) is 13.2 Å². The number of hydrogen-bond donors (Lipinski definition) is 1. The van der Waals surface area contributed by atoms with Crippen LogP contribution in [-0.2, 0) is 10.2 Å². The van der Waals surface area contributed by atoms with Crippen LogP contribution >= 0.6 is 0 Å². The molecular formula is C23H31NO3. The van der Waals surface area contributed by atoms with Gasteiger partial charge in [-0.3, -0.25) is 4.79 Å². The lowest BCUT2D eigenvalue weighted by atomic mass is 9.87. The zero-order chi connectivity index (χ0) is 19.9. The van der Waals surface area contributed by atoms with E-state index >= 15 is 0 Å². The molecule has 0 aliphatic carbocycles. The highest BCUT2D eigenvalue weighted by Gasteiger charge is 2.18. The summed E-state index contributed by atoms with van der Waals surface area (Å²) in [6, 6.07) is 15.8. The van der Waals surface area contributed by atoms with E-state index in [1.54, 1.807) is 0 Å². The number of nitrogens with one attached hydrogen (secondary N) is 1. The molecule has 146 valence electrons. The third kappa shape index (κ3) is 6.63. The normalized spacial score (nSPS) is 12.3. The summed E-state index contributed by atoms with van der Waals surface area (Å²) >= 11 is 0. The molecule has 1 atom stereocenters. The molecule has 0 saturated carbocycles. The van der Waals surface area contributed by atoms with Gasteiger partial charge in [-0.2, -0.15) is 0 Å². The summed E-state index contributed by atoms with van der Waals surface area (Å²) in [5.74, 6) is 1.39. The van der Waals surface area contributed by atoms with Crippen LogP contribution in [0.25, 0.3) is 0 Å². The first-order valence-electron chi connectivity index (χ1n) is 9.54. The summed E-state index contributed by atoms with van der Waals surface area (Å²) in [5, 5.41) is 2.88. The third-order valence-corrected chi connectivity index (χ3v) is 4.35. The highest BCUT2D eigenvalue weighted by Crippen LogP contribution is 2.24. The van der Waals surface area contributed by atoms with E-state index in [1.807, 2.05) is 50.2 Å². The Labute approximate surface area is 162 Å². The van der Waals surface area contributed by atoms with Crippen LogP contribution in [-0.4, -0.2) is 25.2 Å². The van der Waals surface area contributed by atoms with Gasteiger partial charge in [0.05, 0.1) is 6.54 Å². The van der Waals surface area contributed by atoms with Crippen LogP contribution in [0.3, 0.4) is 0 Å². The van der Waals surface area contributed by atoms with Crippen molar-refractivity contribution < 1.29 is 14.3 Å². The molecule has 0 aromatic heterocycles. The maximum atomic E-state index is 12.3. The summed E-state index contributed by atoms with van der Waals surface area (Å²) in [6.07, 6.45) is 0.105. The summed E-state index contributed by atoms with van der Waals surface area (Å²) in [7, 11) is 0. The molecule has 0 saturated heterocycles. The van der Waals surface area contributed by atoms with Crippen LogP contribution in [0.15, 0.2) is 48.5 Å². The Morgan fingerprint density at radius 1 is 1.00 bits per heavy atom. The smallest absolute Gasteiger partial charge is 0.261 e. The Bertz CT molecular complexity index is 715. The van der Waals surface area contributed by atoms with Gasteiger partial charge in [0.1, 0.15) is 18.1 Å². The highest BCUT2D eigenvalue weighted by molar-refractivity contribution is 5.81. The van der Waals surface area contributed by atoms with Crippen LogP contribution in [0.5, 0.6) is 11.5 Å². The van der Waals surface area contributed by atoms with Gasteiger partial charge in [0.25, 0.3) is 5.91 Å². The maximum Gasteiger partial charge on any atom is 0.261 e. The molecule has 0 spiro atoms. The molecule has 0 fully saturated rings. The van der Waals surface area contributed by atoms with E-state index in [9.17, 15) is 4.79 Å². The van der Waals surface area contributed by atoms with Gasteiger partial charge in [-0.25, -0.2) is 0 Å². The van der Waals surface area contributed by atoms with E-state index in [0.717, 1.165) is 11.3 Å². The number of carbonyl (C=O) groups excluding carboxylic acids is 1. The lowest BCUT2D eigenvalue weighted by Crippen LogP contribution is -2.39. The first kappa shape index (κ1) is 20.8. The summed E-state index contributed by atoms with van der Waals surface area (Å²) in [4.78, 5) is 12.3. The van der Waals surface area contributed by atoms with Gasteiger partial charge in [0.2, 0.25) is 0 Å². The number of carbonyl (C=O) groups is 1. The third-order valence-electron chi connectivity index (χ3n) is 4.35. The van der Waals surface area contributed by atoms with Crippen molar-refractivity contribution >= 4 is 5.91 Å². The molecule has 0 radical (unpaired) electrons. The molecule has 1 N–H and O–H groups in total. The molecule has 0 aliphatic heterocycles. The van der Waals surface area contributed by atoms with Crippen molar-refractivity contribution in [3.63, 3.8) is 0 Å². The second kappa shape index (κ2) is 9.45. The van der Waals surface area contributed by atoms with E-state index in [0.29, 0.717) is 25.3 Å². The van der Waals surface area contributed by atoms with Gasteiger partial charge < -0.3 is 14.8 Å². The Balaban J connectivity index is 1.76. The highest BCUT2D eigenvalue weighted by atomic mass is 16.5. The predicted molar refractivity (Wildman–Crippen MR) is 110 cm³/mol. The minimum absolute atomic E-state index is 0.121. The Morgan fingerprint density at radius 3 is 2.15 bits per heavy atom. The molecule has 27 heavy (non-hydrogen) atoms. The minimum atomic E-state index is -0.501. The van der Waals surface area contributed by atoms with Gasteiger partial charge in [-0.1, -0.05) is 57.5 Å². The van der Waals surface area contributed by atoms with Crippen LogP contribution < -0.4 is 14.8 Å². The average molecular weight is 370 g/mol.